The van der Waals surface area contributed by atoms with Gasteiger partial charge in [0.05, 0.1) is 12.5 Å². The Hall–Kier alpha value is -2.50. The molecule has 0 saturated heterocycles. The maximum atomic E-state index is 12.4. The van der Waals surface area contributed by atoms with Gasteiger partial charge in [-0.3, -0.25) is 4.79 Å². The zero-order chi connectivity index (χ0) is 13.9. The van der Waals surface area contributed by atoms with Crippen LogP contribution in [0.3, 0.4) is 0 Å². The summed E-state index contributed by atoms with van der Waals surface area (Å²) in [4.78, 5) is 14.2. The third-order valence-corrected chi connectivity index (χ3v) is 3.35. The van der Waals surface area contributed by atoms with E-state index in [4.69, 9.17) is 0 Å². The van der Waals surface area contributed by atoms with Crippen molar-refractivity contribution in [3.8, 4) is 0 Å². The van der Waals surface area contributed by atoms with E-state index in [9.17, 15) is 4.79 Å². The quantitative estimate of drug-likeness (QED) is 0.830. The lowest BCUT2D eigenvalue weighted by Crippen LogP contribution is -2.31. The fourth-order valence-corrected chi connectivity index (χ4v) is 2.12. The number of hydrogen-bond donors (Lipinski definition) is 1. The summed E-state index contributed by atoms with van der Waals surface area (Å²) in [6, 6.07) is 9.87. The molecule has 3 rings (SSSR count). The van der Waals surface area contributed by atoms with Crippen molar-refractivity contribution in [2.24, 2.45) is 5.92 Å². The molecule has 0 spiro atoms. The van der Waals surface area contributed by atoms with Crippen molar-refractivity contribution in [3.05, 3.63) is 53.9 Å². The average Bonchev–Trinajstić information content (AvgIpc) is 2.98. The zero-order valence-corrected chi connectivity index (χ0v) is 11.0. The maximum absolute atomic E-state index is 12.4. The van der Waals surface area contributed by atoms with Crippen molar-refractivity contribution < 1.29 is 4.79 Å². The molecule has 1 N–H and O–H groups in total. The molecule has 1 aliphatic carbocycles. The molecule has 0 aliphatic heterocycles. The fraction of sp³-hybridized carbons (Fsp3) is 0.286. The Morgan fingerprint density at radius 2 is 2.10 bits per heavy atom. The van der Waals surface area contributed by atoms with E-state index in [1.807, 2.05) is 30.3 Å². The number of tetrazole rings is 1. The van der Waals surface area contributed by atoms with Crippen molar-refractivity contribution in [1.82, 2.24) is 25.5 Å². The molecule has 6 nitrogen and oxygen atoms in total. The van der Waals surface area contributed by atoms with Crippen LogP contribution < -0.4 is 0 Å². The van der Waals surface area contributed by atoms with Crippen molar-refractivity contribution in [2.45, 2.75) is 19.5 Å². The molecule has 1 fully saturated rings. The second-order valence-corrected chi connectivity index (χ2v) is 4.92. The van der Waals surface area contributed by atoms with E-state index in [-0.39, 0.29) is 11.8 Å². The van der Waals surface area contributed by atoms with E-state index in [0.717, 1.165) is 17.6 Å². The highest BCUT2D eigenvalue weighted by Gasteiger charge is 2.38. The summed E-state index contributed by atoms with van der Waals surface area (Å²) in [6.07, 6.45) is 0.788. The number of benzene rings is 1. The second-order valence-electron chi connectivity index (χ2n) is 4.92. The van der Waals surface area contributed by atoms with Gasteiger partial charge >= 0.3 is 0 Å². The number of rotatable bonds is 5. The van der Waals surface area contributed by atoms with Crippen LogP contribution in [0.4, 0.5) is 0 Å². The molecule has 0 bridgehead atoms. The molecule has 1 aromatic carbocycles. The Balaban J connectivity index is 1.76. The molecule has 1 aromatic heterocycles. The first kappa shape index (κ1) is 12.5. The number of aromatic nitrogens is 4. The summed E-state index contributed by atoms with van der Waals surface area (Å²) in [6.45, 7) is 4.75. The van der Waals surface area contributed by atoms with Gasteiger partial charge in [0.1, 0.15) is 0 Å². The van der Waals surface area contributed by atoms with Gasteiger partial charge in [0, 0.05) is 6.54 Å². The maximum Gasteiger partial charge on any atom is 0.230 e. The van der Waals surface area contributed by atoms with E-state index in [1.165, 1.54) is 0 Å². The van der Waals surface area contributed by atoms with Crippen LogP contribution in [-0.2, 0) is 17.9 Å². The minimum absolute atomic E-state index is 0.0365. The van der Waals surface area contributed by atoms with Crippen LogP contribution in [0, 0.1) is 5.92 Å². The van der Waals surface area contributed by atoms with Gasteiger partial charge in [0.25, 0.3) is 0 Å². The summed E-state index contributed by atoms with van der Waals surface area (Å²) in [5.41, 5.74) is 2.08. The minimum atomic E-state index is -0.0365. The molecule has 1 amide bonds. The van der Waals surface area contributed by atoms with E-state index in [2.05, 4.69) is 27.2 Å². The number of nitrogens with one attached hydrogen (secondary N) is 1. The molecule has 2 aromatic rings. The average molecular weight is 269 g/mol. The number of carbonyl (C=O) groups excluding carboxylic acids is 1. The predicted octanol–water partition coefficient (Wildman–Crippen LogP) is 1.30. The summed E-state index contributed by atoms with van der Waals surface area (Å²) in [5, 5.41) is 13.8. The molecule has 1 atom stereocenters. The normalized spacial score (nSPS) is 17.0. The Morgan fingerprint density at radius 1 is 1.35 bits per heavy atom. The lowest BCUT2D eigenvalue weighted by molar-refractivity contribution is -0.133. The number of nitrogens with zero attached hydrogens (tertiary/aromatic N) is 4. The van der Waals surface area contributed by atoms with Crippen LogP contribution in [0.5, 0.6) is 0 Å². The Bertz CT molecular complexity index is 608. The highest BCUT2D eigenvalue weighted by atomic mass is 16.2. The molecule has 1 saturated carbocycles. The van der Waals surface area contributed by atoms with Gasteiger partial charge in [0.15, 0.2) is 5.82 Å². The molecule has 1 unspecified atom stereocenters. The third kappa shape index (κ3) is 2.74. The molecular weight excluding hydrogens is 254 g/mol. The van der Waals surface area contributed by atoms with Crippen molar-refractivity contribution in [1.29, 1.82) is 0 Å². The number of carbonyl (C=O) groups is 1. The minimum Gasteiger partial charge on any atom is -0.330 e. The van der Waals surface area contributed by atoms with Crippen LogP contribution in [0.1, 0.15) is 17.8 Å². The van der Waals surface area contributed by atoms with E-state index < -0.39 is 0 Å². The van der Waals surface area contributed by atoms with Crippen molar-refractivity contribution in [2.75, 3.05) is 0 Å². The lowest BCUT2D eigenvalue weighted by atomic mass is 10.2. The lowest BCUT2D eigenvalue weighted by Gasteiger charge is -2.21. The standard InChI is InChI=1S/C14H15N5O/c1-10-7-12(10)14(20)19(9-13-15-17-18-16-13)8-11-5-3-2-4-6-11/h2-6,12H,1,7-9H2,(H,15,16,17,18). The first-order valence-corrected chi connectivity index (χ1v) is 6.47. The summed E-state index contributed by atoms with van der Waals surface area (Å²) < 4.78 is 0. The number of hydrogen-bond acceptors (Lipinski definition) is 4. The van der Waals surface area contributed by atoms with E-state index in [1.54, 1.807) is 4.90 Å². The monoisotopic (exact) mass is 269 g/mol. The Labute approximate surface area is 116 Å². The molecule has 6 heteroatoms. The largest absolute Gasteiger partial charge is 0.330 e. The van der Waals surface area contributed by atoms with E-state index in [0.29, 0.717) is 18.9 Å². The molecule has 1 heterocycles. The molecule has 0 radical (unpaired) electrons. The topological polar surface area (TPSA) is 74.8 Å². The van der Waals surface area contributed by atoms with Crippen molar-refractivity contribution >= 4 is 5.91 Å². The first-order valence-electron chi connectivity index (χ1n) is 6.47. The highest BCUT2D eigenvalue weighted by molar-refractivity contribution is 5.85. The Kier molecular flexibility index (Phi) is 3.28. The Morgan fingerprint density at radius 3 is 2.70 bits per heavy atom. The third-order valence-electron chi connectivity index (χ3n) is 3.35. The van der Waals surface area contributed by atoms with Gasteiger partial charge in [-0.15, -0.1) is 10.2 Å². The fourth-order valence-electron chi connectivity index (χ4n) is 2.12. The van der Waals surface area contributed by atoms with Crippen molar-refractivity contribution in [3.63, 3.8) is 0 Å². The summed E-state index contributed by atoms with van der Waals surface area (Å²) in [5.74, 6) is 0.565. The molecule has 20 heavy (non-hydrogen) atoms. The van der Waals surface area contributed by atoms with Gasteiger partial charge < -0.3 is 4.90 Å². The van der Waals surface area contributed by atoms with Gasteiger partial charge in [-0.05, 0) is 12.0 Å². The summed E-state index contributed by atoms with van der Waals surface area (Å²) in [7, 11) is 0. The number of H-pyrrole nitrogens is 1. The van der Waals surface area contributed by atoms with Gasteiger partial charge in [-0.1, -0.05) is 47.7 Å². The van der Waals surface area contributed by atoms with Crippen LogP contribution in [0.2, 0.25) is 0 Å². The van der Waals surface area contributed by atoms with Crippen LogP contribution in [0.15, 0.2) is 42.5 Å². The second kappa shape index (κ2) is 5.24. The molecular formula is C14H15N5O. The predicted molar refractivity (Wildman–Crippen MR) is 72.1 cm³/mol. The van der Waals surface area contributed by atoms with Crippen LogP contribution >= 0.6 is 0 Å². The number of amides is 1. The van der Waals surface area contributed by atoms with Gasteiger partial charge in [-0.2, -0.15) is 5.21 Å². The molecule has 1 aliphatic rings. The smallest absolute Gasteiger partial charge is 0.230 e. The van der Waals surface area contributed by atoms with Gasteiger partial charge in [-0.25, -0.2) is 0 Å². The summed E-state index contributed by atoms with van der Waals surface area (Å²) >= 11 is 0. The van der Waals surface area contributed by atoms with Gasteiger partial charge in [0.2, 0.25) is 5.91 Å². The van der Waals surface area contributed by atoms with E-state index >= 15 is 0 Å². The van der Waals surface area contributed by atoms with Crippen LogP contribution in [0.25, 0.3) is 0 Å². The van der Waals surface area contributed by atoms with Crippen LogP contribution in [-0.4, -0.2) is 31.4 Å². The first-order chi connectivity index (χ1) is 9.74. The zero-order valence-electron chi connectivity index (χ0n) is 11.0. The molecule has 102 valence electrons. The number of aromatic amines is 1. The SMILES string of the molecule is C=C1CC1C(=O)N(Cc1ccccc1)Cc1nn[nH]n1. The highest BCUT2D eigenvalue weighted by Crippen LogP contribution is 2.37.